The van der Waals surface area contributed by atoms with E-state index in [0.717, 1.165) is 30.6 Å². The van der Waals surface area contributed by atoms with Gasteiger partial charge in [0.1, 0.15) is 18.1 Å². The monoisotopic (exact) mass is 327 g/mol. The molecule has 0 heterocycles. The van der Waals surface area contributed by atoms with Crippen molar-refractivity contribution in [1.82, 2.24) is 0 Å². The molecule has 0 saturated heterocycles. The predicted molar refractivity (Wildman–Crippen MR) is 95.0 cm³/mol. The van der Waals surface area contributed by atoms with Crippen molar-refractivity contribution < 1.29 is 14.3 Å². The highest BCUT2D eigenvalue weighted by Gasteiger charge is 2.16. The highest BCUT2D eigenvalue weighted by Crippen LogP contribution is 2.21. The average molecular weight is 327 g/mol. The number of benzene rings is 2. The maximum absolute atomic E-state index is 11.5. The van der Waals surface area contributed by atoms with Crippen LogP contribution in [0.3, 0.4) is 0 Å². The normalized spacial score (nSPS) is 11.7. The van der Waals surface area contributed by atoms with Crippen LogP contribution < -0.4 is 15.2 Å². The van der Waals surface area contributed by atoms with Crippen molar-refractivity contribution in [2.45, 2.75) is 45.3 Å². The summed E-state index contributed by atoms with van der Waals surface area (Å²) in [5.41, 5.74) is 6.53. The second kappa shape index (κ2) is 9.60. The van der Waals surface area contributed by atoms with Crippen molar-refractivity contribution in [2.75, 3.05) is 0 Å². The van der Waals surface area contributed by atoms with Gasteiger partial charge in [-0.2, -0.15) is 0 Å². The van der Waals surface area contributed by atoms with Gasteiger partial charge < -0.3 is 15.2 Å². The smallest absolute Gasteiger partial charge is 0.258 e. The Hall–Kier alpha value is -2.49. The Kier molecular flexibility index (Phi) is 7.15. The molecule has 2 N–H and O–H groups in total. The number of carbonyl (C=O) groups excluding carboxylic acids is 1. The fraction of sp³-hybridized carbons (Fsp3) is 0.350. The molecule has 0 aliphatic rings. The zero-order valence-electron chi connectivity index (χ0n) is 14.1. The molecule has 24 heavy (non-hydrogen) atoms. The number of hydrogen-bond acceptors (Lipinski definition) is 3. The van der Waals surface area contributed by atoms with Crippen molar-refractivity contribution in [3.63, 3.8) is 0 Å². The lowest BCUT2D eigenvalue weighted by atomic mass is 10.1. The van der Waals surface area contributed by atoms with Gasteiger partial charge in [-0.25, -0.2) is 0 Å². The highest BCUT2D eigenvalue weighted by atomic mass is 16.5. The number of rotatable bonds is 10. The van der Waals surface area contributed by atoms with E-state index in [1.54, 1.807) is 12.1 Å². The van der Waals surface area contributed by atoms with Crippen LogP contribution in [0.4, 0.5) is 0 Å². The van der Waals surface area contributed by atoms with Gasteiger partial charge in [-0.3, -0.25) is 4.79 Å². The number of unbranched alkanes of at least 4 members (excludes halogenated alkanes) is 2. The van der Waals surface area contributed by atoms with Gasteiger partial charge in [0.2, 0.25) is 0 Å². The second-order valence-corrected chi connectivity index (χ2v) is 5.75. The van der Waals surface area contributed by atoms with Crippen molar-refractivity contribution in [3.8, 4) is 11.5 Å². The van der Waals surface area contributed by atoms with Crippen LogP contribution in [0.25, 0.3) is 0 Å². The molecule has 1 amide bonds. The summed E-state index contributed by atoms with van der Waals surface area (Å²) in [6.07, 6.45) is 3.17. The molecule has 0 bridgehead atoms. The predicted octanol–water partition coefficient (Wildman–Crippen LogP) is 4.08. The first kappa shape index (κ1) is 17.9. The third-order valence-corrected chi connectivity index (χ3v) is 3.74. The van der Waals surface area contributed by atoms with Crippen LogP contribution >= 0.6 is 0 Å². The fourth-order valence-corrected chi connectivity index (χ4v) is 2.36. The molecule has 0 radical (unpaired) electrons. The number of hydrogen-bond donors (Lipinski definition) is 1. The van der Waals surface area contributed by atoms with Crippen molar-refractivity contribution in [3.05, 3.63) is 60.2 Å². The molecular formula is C20H25NO3. The highest BCUT2D eigenvalue weighted by molar-refractivity contribution is 5.79. The van der Waals surface area contributed by atoms with E-state index >= 15 is 0 Å². The standard InChI is InChI=1S/C20H25NO3/c1-2-3-5-10-19(20(21)22)24-18-13-11-17(12-14-18)23-15-16-8-6-4-7-9-16/h4,6-9,11-14,19H,2-3,5,10,15H2,1H3,(H2,21,22)/t19-/m1/s1. The molecule has 0 saturated carbocycles. The summed E-state index contributed by atoms with van der Waals surface area (Å²) < 4.78 is 11.4. The van der Waals surface area contributed by atoms with Gasteiger partial charge in [0.25, 0.3) is 5.91 Å². The van der Waals surface area contributed by atoms with Crippen LogP contribution in [-0.2, 0) is 11.4 Å². The van der Waals surface area contributed by atoms with E-state index in [4.69, 9.17) is 15.2 Å². The largest absolute Gasteiger partial charge is 0.489 e. The summed E-state index contributed by atoms with van der Waals surface area (Å²) >= 11 is 0. The molecule has 2 rings (SSSR count). The molecule has 128 valence electrons. The molecule has 0 aliphatic heterocycles. The number of primary amides is 1. The van der Waals surface area contributed by atoms with Crippen molar-refractivity contribution in [2.24, 2.45) is 5.73 Å². The lowest BCUT2D eigenvalue weighted by Crippen LogP contribution is -2.33. The molecule has 0 fully saturated rings. The Morgan fingerprint density at radius 1 is 1.00 bits per heavy atom. The topological polar surface area (TPSA) is 61.6 Å². The van der Waals surface area contributed by atoms with Crippen LogP contribution in [0.1, 0.15) is 38.2 Å². The summed E-state index contributed by atoms with van der Waals surface area (Å²) in [5, 5.41) is 0. The Bertz CT molecular complexity index is 611. The first-order valence-corrected chi connectivity index (χ1v) is 8.42. The van der Waals surface area contributed by atoms with Crippen LogP contribution in [0, 0.1) is 0 Å². The number of ether oxygens (including phenoxy) is 2. The Balaban J connectivity index is 1.87. The van der Waals surface area contributed by atoms with Crippen LogP contribution in [0.15, 0.2) is 54.6 Å². The van der Waals surface area contributed by atoms with E-state index in [9.17, 15) is 4.79 Å². The third kappa shape index (κ3) is 5.95. The summed E-state index contributed by atoms with van der Waals surface area (Å²) in [7, 11) is 0. The van der Waals surface area contributed by atoms with Crippen molar-refractivity contribution >= 4 is 5.91 Å². The van der Waals surface area contributed by atoms with Gasteiger partial charge in [0.05, 0.1) is 0 Å². The van der Waals surface area contributed by atoms with Gasteiger partial charge in [-0.1, -0.05) is 50.1 Å². The lowest BCUT2D eigenvalue weighted by molar-refractivity contribution is -0.125. The number of carbonyl (C=O) groups is 1. The average Bonchev–Trinajstić information content (AvgIpc) is 2.61. The van der Waals surface area contributed by atoms with Crippen LogP contribution in [0.2, 0.25) is 0 Å². The Morgan fingerprint density at radius 2 is 1.67 bits per heavy atom. The van der Waals surface area contributed by atoms with E-state index < -0.39 is 12.0 Å². The van der Waals surface area contributed by atoms with Gasteiger partial charge in [-0.15, -0.1) is 0 Å². The first-order valence-electron chi connectivity index (χ1n) is 8.42. The molecule has 1 atom stereocenters. The molecule has 0 unspecified atom stereocenters. The van der Waals surface area contributed by atoms with Crippen molar-refractivity contribution in [1.29, 1.82) is 0 Å². The molecule has 2 aromatic carbocycles. The van der Waals surface area contributed by atoms with Gasteiger partial charge in [0, 0.05) is 0 Å². The fourth-order valence-electron chi connectivity index (χ4n) is 2.36. The third-order valence-electron chi connectivity index (χ3n) is 3.74. The zero-order chi connectivity index (χ0) is 17.2. The molecule has 0 aromatic heterocycles. The number of amides is 1. The molecule has 4 heteroatoms. The number of nitrogens with two attached hydrogens (primary N) is 1. The second-order valence-electron chi connectivity index (χ2n) is 5.75. The summed E-state index contributed by atoms with van der Waals surface area (Å²) in [6, 6.07) is 17.3. The maximum Gasteiger partial charge on any atom is 0.258 e. The molecule has 2 aromatic rings. The Morgan fingerprint density at radius 3 is 2.29 bits per heavy atom. The zero-order valence-corrected chi connectivity index (χ0v) is 14.1. The van der Waals surface area contributed by atoms with Gasteiger partial charge >= 0.3 is 0 Å². The molecule has 4 nitrogen and oxygen atoms in total. The summed E-state index contributed by atoms with van der Waals surface area (Å²) in [6.45, 7) is 2.64. The summed E-state index contributed by atoms with van der Waals surface area (Å²) in [5.74, 6) is 0.964. The molecular weight excluding hydrogens is 302 g/mol. The molecule has 0 spiro atoms. The lowest BCUT2D eigenvalue weighted by Gasteiger charge is -2.16. The van der Waals surface area contributed by atoms with E-state index in [1.165, 1.54) is 0 Å². The van der Waals surface area contributed by atoms with E-state index in [2.05, 4.69) is 6.92 Å². The first-order chi connectivity index (χ1) is 11.7. The summed E-state index contributed by atoms with van der Waals surface area (Å²) in [4.78, 5) is 11.5. The minimum atomic E-state index is -0.576. The SMILES string of the molecule is CCCCC[C@@H](Oc1ccc(OCc2ccccc2)cc1)C(N)=O. The van der Waals surface area contributed by atoms with Gasteiger partial charge in [-0.05, 0) is 42.7 Å². The minimum Gasteiger partial charge on any atom is -0.489 e. The van der Waals surface area contributed by atoms with Gasteiger partial charge in [0.15, 0.2) is 6.10 Å². The van der Waals surface area contributed by atoms with E-state index in [-0.39, 0.29) is 0 Å². The van der Waals surface area contributed by atoms with Crippen LogP contribution in [0.5, 0.6) is 11.5 Å². The maximum atomic E-state index is 11.5. The van der Waals surface area contributed by atoms with Crippen LogP contribution in [-0.4, -0.2) is 12.0 Å². The van der Waals surface area contributed by atoms with E-state index in [0.29, 0.717) is 18.8 Å². The molecule has 0 aliphatic carbocycles. The van der Waals surface area contributed by atoms with E-state index in [1.807, 2.05) is 42.5 Å². The Labute approximate surface area is 143 Å². The minimum absolute atomic E-state index is 0.421. The quantitative estimate of drug-likeness (QED) is 0.669.